The Morgan fingerprint density at radius 3 is 2.75 bits per heavy atom. The molecule has 68 valence electrons. The van der Waals surface area contributed by atoms with Crippen LogP contribution < -0.4 is 5.48 Å². The van der Waals surface area contributed by atoms with Gasteiger partial charge in [-0.1, -0.05) is 19.1 Å². The van der Waals surface area contributed by atoms with E-state index >= 15 is 0 Å². The molecule has 0 unspecified atom stereocenters. The molecule has 0 atom stereocenters. The normalized spacial score (nSPS) is 11.1. The van der Waals surface area contributed by atoms with Crippen LogP contribution in [-0.4, -0.2) is 20.2 Å². The lowest BCUT2D eigenvalue weighted by atomic mass is 10.1. The molecule has 5 heteroatoms. The molecule has 5 nitrogen and oxygen atoms in total. The molecular formula is C7H14N4O. The monoisotopic (exact) mass is 170 g/mol. The van der Waals surface area contributed by atoms with Crippen LogP contribution >= 0.6 is 0 Å². The molecule has 0 aliphatic carbocycles. The molecule has 1 aromatic heterocycles. The SMILES string of the molecule is CC(C)c1c(CNO)nnn1C. The van der Waals surface area contributed by atoms with E-state index in [2.05, 4.69) is 29.6 Å². The minimum atomic E-state index is 0.349. The largest absolute Gasteiger partial charge is 0.316 e. The molecule has 1 rings (SSSR count). The Kier molecular flexibility index (Phi) is 2.78. The molecule has 0 radical (unpaired) electrons. The zero-order valence-corrected chi connectivity index (χ0v) is 7.57. The summed E-state index contributed by atoms with van der Waals surface area (Å²) < 4.78 is 1.73. The van der Waals surface area contributed by atoms with Gasteiger partial charge in [0.2, 0.25) is 0 Å². The zero-order chi connectivity index (χ0) is 9.14. The Morgan fingerprint density at radius 2 is 2.25 bits per heavy atom. The van der Waals surface area contributed by atoms with Gasteiger partial charge in [-0.25, -0.2) is 0 Å². The van der Waals surface area contributed by atoms with Crippen molar-refractivity contribution in [3.63, 3.8) is 0 Å². The molecule has 0 amide bonds. The molecule has 0 aromatic carbocycles. The molecule has 0 saturated heterocycles. The minimum Gasteiger partial charge on any atom is -0.316 e. The highest BCUT2D eigenvalue weighted by Gasteiger charge is 2.12. The number of nitrogens with one attached hydrogen (secondary N) is 1. The Labute approximate surface area is 71.3 Å². The maximum atomic E-state index is 8.51. The first-order valence-corrected chi connectivity index (χ1v) is 3.92. The summed E-state index contributed by atoms with van der Waals surface area (Å²) in [4.78, 5) is 0. The fourth-order valence-electron chi connectivity index (χ4n) is 1.31. The van der Waals surface area contributed by atoms with Gasteiger partial charge in [-0.15, -0.1) is 5.10 Å². The second-order valence-electron chi connectivity index (χ2n) is 3.03. The van der Waals surface area contributed by atoms with Crippen LogP contribution in [0.5, 0.6) is 0 Å². The minimum absolute atomic E-state index is 0.349. The van der Waals surface area contributed by atoms with Crippen LogP contribution in [0.3, 0.4) is 0 Å². The maximum absolute atomic E-state index is 8.51. The van der Waals surface area contributed by atoms with Crippen molar-refractivity contribution in [3.05, 3.63) is 11.4 Å². The number of rotatable bonds is 3. The number of hydroxylamine groups is 1. The molecule has 2 N–H and O–H groups in total. The topological polar surface area (TPSA) is 63.0 Å². The van der Waals surface area contributed by atoms with Gasteiger partial charge in [-0.2, -0.15) is 5.48 Å². The van der Waals surface area contributed by atoms with Gasteiger partial charge in [-0.3, -0.25) is 4.68 Å². The Morgan fingerprint density at radius 1 is 1.58 bits per heavy atom. The second-order valence-corrected chi connectivity index (χ2v) is 3.03. The summed E-state index contributed by atoms with van der Waals surface area (Å²) in [6.07, 6.45) is 0. The molecule has 0 fully saturated rings. The van der Waals surface area contributed by atoms with Crippen LogP contribution in [0.4, 0.5) is 0 Å². The predicted octanol–water partition coefficient (Wildman–Crippen LogP) is 0.417. The Hall–Kier alpha value is -0.940. The van der Waals surface area contributed by atoms with Crippen molar-refractivity contribution in [2.24, 2.45) is 7.05 Å². The smallest absolute Gasteiger partial charge is 0.102 e. The van der Waals surface area contributed by atoms with Crippen LogP contribution in [0.15, 0.2) is 0 Å². The molecule has 0 aliphatic rings. The van der Waals surface area contributed by atoms with Crippen molar-refractivity contribution >= 4 is 0 Å². The molecule has 1 aromatic rings. The van der Waals surface area contributed by atoms with Crippen molar-refractivity contribution in [2.45, 2.75) is 26.3 Å². The van der Waals surface area contributed by atoms with E-state index in [0.717, 1.165) is 11.4 Å². The first-order chi connectivity index (χ1) is 5.66. The van der Waals surface area contributed by atoms with Crippen molar-refractivity contribution in [1.82, 2.24) is 20.5 Å². The third kappa shape index (κ3) is 1.62. The quantitative estimate of drug-likeness (QED) is 0.645. The molecular weight excluding hydrogens is 156 g/mol. The van der Waals surface area contributed by atoms with E-state index in [1.165, 1.54) is 0 Å². The number of hydrogen-bond donors (Lipinski definition) is 2. The third-order valence-electron chi connectivity index (χ3n) is 1.74. The molecule has 0 spiro atoms. The molecule has 12 heavy (non-hydrogen) atoms. The molecule has 1 heterocycles. The lowest BCUT2D eigenvalue weighted by Crippen LogP contribution is -2.10. The molecule has 0 aliphatic heterocycles. The summed E-state index contributed by atoms with van der Waals surface area (Å²) in [7, 11) is 1.85. The van der Waals surface area contributed by atoms with Gasteiger partial charge in [0.25, 0.3) is 0 Å². The highest BCUT2D eigenvalue weighted by atomic mass is 16.5. The number of aryl methyl sites for hydroxylation is 1. The Bertz CT molecular complexity index is 256. The number of hydrogen-bond acceptors (Lipinski definition) is 4. The summed E-state index contributed by atoms with van der Waals surface area (Å²) in [5.41, 5.74) is 3.93. The van der Waals surface area contributed by atoms with Crippen LogP contribution in [0.2, 0.25) is 0 Å². The first kappa shape index (κ1) is 9.15. The van der Waals surface area contributed by atoms with E-state index in [0.29, 0.717) is 12.5 Å². The van der Waals surface area contributed by atoms with Gasteiger partial charge in [-0.05, 0) is 5.92 Å². The fourth-order valence-corrected chi connectivity index (χ4v) is 1.31. The predicted molar refractivity (Wildman–Crippen MR) is 43.7 cm³/mol. The van der Waals surface area contributed by atoms with Crippen molar-refractivity contribution in [1.29, 1.82) is 0 Å². The lowest BCUT2D eigenvalue weighted by molar-refractivity contribution is 0.159. The van der Waals surface area contributed by atoms with Gasteiger partial charge in [0.05, 0.1) is 12.2 Å². The van der Waals surface area contributed by atoms with E-state index in [9.17, 15) is 0 Å². The van der Waals surface area contributed by atoms with E-state index in [4.69, 9.17) is 5.21 Å². The van der Waals surface area contributed by atoms with E-state index in [-0.39, 0.29) is 0 Å². The first-order valence-electron chi connectivity index (χ1n) is 3.92. The molecule has 0 saturated carbocycles. The Balaban J connectivity index is 2.95. The lowest BCUT2D eigenvalue weighted by Gasteiger charge is -2.06. The highest BCUT2D eigenvalue weighted by molar-refractivity contribution is 5.13. The van der Waals surface area contributed by atoms with Crippen LogP contribution in [0.1, 0.15) is 31.2 Å². The van der Waals surface area contributed by atoms with E-state index in [1.54, 1.807) is 4.68 Å². The number of nitrogens with zero attached hydrogens (tertiary/aromatic N) is 3. The summed E-state index contributed by atoms with van der Waals surface area (Å²) in [6.45, 7) is 4.49. The average Bonchev–Trinajstić information content (AvgIpc) is 2.32. The fraction of sp³-hybridized carbons (Fsp3) is 0.714. The van der Waals surface area contributed by atoms with Crippen molar-refractivity contribution < 1.29 is 5.21 Å². The maximum Gasteiger partial charge on any atom is 0.102 e. The van der Waals surface area contributed by atoms with E-state index in [1.807, 2.05) is 7.05 Å². The summed E-state index contributed by atoms with van der Waals surface area (Å²) >= 11 is 0. The summed E-state index contributed by atoms with van der Waals surface area (Å²) in [5.74, 6) is 0.369. The standard InChI is InChI=1S/C7H14N4O/c1-5(2)7-6(4-8-12)9-10-11(7)3/h5,8,12H,4H2,1-3H3. The molecule has 0 bridgehead atoms. The van der Waals surface area contributed by atoms with Gasteiger partial charge in [0.1, 0.15) is 5.69 Å². The van der Waals surface area contributed by atoms with Crippen molar-refractivity contribution in [2.75, 3.05) is 0 Å². The average molecular weight is 170 g/mol. The second kappa shape index (κ2) is 3.64. The third-order valence-corrected chi connectivity index (χ3v) is 1.74. The van der Waals surface area contributed by atoms with Crippen LogP contribution in [-0.2, 0) is 13.6 Å². The van der Waals surface area contributed by atoms with E-state index < -0.39 is 0 Å². The van der Waals surface area contributed by atoms with Crippen LogP contribution in [0, 0.1) is 0 Å². The van der Waals surface area contributed by atoms with Gasteiger partial charge < -0.3 is 5.21 Å². The van der Waals surface area contributed by atoms with Crippen molar-refractivity contribution in [3.8, 4) is 0 Å². The number of aromatic nitrogens is 3. The summed E-state index contributed by atoms with van der Waals surface area (Å²) in [5, 5.41) is 16.3. The van der Waals surface area contributed by atoms with Gasteiger partial charge in [0.15, 0.2) is 0 Å². The highest BCUT2D eigenvalue weighted by Crippen LogP contribution is 2.15. The van der Waals surface area contributed by atoms with Gasteiger partial charge in [0, 0.05) is 7.05 Å². The zero-order valence-electron chi connectivity index (χ0n) is 7.57. The summed E-state index contributed by atoms with van der Waals surface area (Å²) in [6, 6.07) is 0. The van der Waals surface area contributed by atoms with Crippen LogP contribution in [0.25, 0.3) is 0 Å². The van der Waals surface area contributed by atoms with Gasteiger partial charge >= 0.3 is 0 Å².